The fourth-order valence-electron chi connectivity index (χ4n) is 1.62. The maximum absolute atomic E-state index is 12.0. The highest BCUT2D eigenvalue weighted by molar-refractivity contribution is 7.89. The Morgan fingerprint density at radius 3 is 2.52 bits per heavy atom. The molecule has 2 N–H and O–H groups in total. The monoisotopic (exact) mass is 311 g/mol. The molecule has 0 bridgehead atoms. The van der Waals surface area contributed by atoms with Crippen molar-refractivity contribution in [1.29, 1.82) is 0 Å². The summed E-state index contributed by atoms with van der Waals surface area (Å²) in [5.41, 5.74) is 0.523. The van der Waals surface area contributed by atoms with Crippen LogP contribution in [0.3, 0.4) is 0 Å². The van der Waals surface area contributed by atoms with E-state index in [2.05, 4.69) is 14.9 Å². The van der Waals surface area contributed by atoms with Crippen LogP contribution in [0.1, 0.15) is 17.3 Å². The summed E-state index contributed by atoms with van der Waals surface area (Å²) in [4.78, 5) is 14.5. The first-order chi connectivity index (χ1) is 9.87. The van der Waals surface area contributed by atoms with Gasteiger partial charge in [0.05, 0.1) is 17.9 Å². The number of carboxylic acid groups (broad SMARTS) is 1. The molecular formula is C12H13N3O5S. The number of rotatable bonds is 6. The molecule has 9 heteroatoms. The number of nitrogens with zero attached hydrogens (tertiary/aromatic N) is 2. The third-order valence-electron chi connectivity index (χ3n) is 2.58. The summed E-state index contributed by atoms with van der Waals surface area (Å²) < 4.78 is 31.1. The zero-order valence-electron chi connectivity index (χ0n) is 11.1. The number of aromatic nitrogens is 2. The van der Waals surface area contributed by atoms with E-state index in [9.17, 15) is 13.2 Å². The van der Waals surface area contributed by atoms with Crippen molar-refractivity contribution in [2.45, 2.75) is 24.8 Å². The maximum atomic E-state index is 12.0. The number of aliphatic carboxylic acids is 1. The summed E-state index contributed by atoms with van der Waals surface area (Å²) in [5, 5.41) is 12.2. The minimum absolute atomic E-state index is 0.0388. The molecular weight excluding hydrogens is 298 g/mol. The molecule has 8 nitrogen and oxygen atoms in total. The number of aryl methyl sites for hydroxylation is 1. The molecule has 0 saturated heterocycles. The smallest absolute Gasteiger partial charge is 0.307 e. The summed E-state index contributed by atoms with van der Waals surface area (Å²) in [7, 11) is -3.71. The van der Waals surface area contributed by atoms with Crippen LogP contribution in [0.5, 0.6) is 0 Å². The summed E-state index contributed by atoms with van der Waals surface area (Å²) >= 11 is 0. The molecule has 0 aliphatic heterocycles. The second-order valence-corrected chi connectivity index (χ2v) is 6.04. The van der Waals surface area contributed by atoms with Gasteiger partial charge in [-0.25, -0.2) is 13.1 Å². The van der Waals surface area contributed by atoms with Crippen LogP contribution < -0.4 is 4.72 Å². The highest BCUT2D eigenvalue weighted by atomic mass is 32.2. The van der Waals surface area contributed by atoms with E-state index in [0.717, 1.165) is 0 Å². The lowest BCUT2D eigenvalue weighted by Crippen LogP contribution is -2.23. The van der Waals surface area contributed by atoms with E-state index in [1.54, 1.807) is 6.92 Å². The molecule has 21 heavy (non-hydrogen) atoms. The van der Waals surface area contributed by atoms with Crippen molar-refractivity contribution in [3.8, 4) is 0 Å². The molecule has 0 saturated carbocycles. The molecule has 112 valence electrons. The van der Waals surface area contributed by atoms with Crippen LogP contribution in [0.4, 0.5) is 0 Å². The van der Waals surface area contributed by atoms with E-state index >= 15 is 0 Å². The van der Waals surface area contributed by atoms with Gasteiger partial charge in [0, 0.05) is 6.92 Å². The summed E-state index contributed by atoms with van der Waals surface area (Å²) in [5.74, 6) is -0.392. The van der Waals surface area contributed by atoms with Gasteiger partial charge in [0.25, 0.3) is 0 Å². The summed E-state index contributed by atoms with van der Waals surface area (Å²) in [6.45, 7) is 1.52. The first kappa shape index (κ1) is 15.1. The lowest BCUT2D eigenvalue weighted by Gasteiger charge is -2.05. The molecule has 0 unspecified atom stereocenters. The number of benzene rings is 1. The maximum Gasteiger partial charge on any atom is 0.307 e. The van der Waals surface area contributed by atoms with Crippen LogP contribution in [0.15, 0.2) is 33.7 Å². The largest absolute Gasteiger partial charge is 0.481 e. The van der Waals surface area contributed by atoms with Crippen molar-refractivity contribution < 1.29 is 22.8 Å². The SMILES string of the molecule is Cc1nc(CNS(=O)(=O)c2ccc(CC(=O)O)cc2)no1. The van der Waals surface area contributed by atoms with E-state index in [1.165, 1.54) is 24.3 Å². The fraction of sp³-hybridized carbons (Fsp3) is 0.250. The molecule has 0 fully saturated rings. The molecule has 2 rings (SSSR count). The molecule has 1 aromatic heterocycles. The van der Waals surface area contributed by atoms with Crippen LogP contribution in [0.25, 0.3) is 0 Å². The van der Waals surface area contributed by atoms with E-state index in [1.807, 2.05) is 0 Å². The van der Waals surface area contributed by atoms with Crippen LogP contribution >= 0.6 is 0 Å². The molecule has 1 heterocycles. The Bertz CT molecular complexity index is 737. The Hall–Kier alpha value is -2.26. The highest BCUT2D eigenvalue weighted by Crippen LogP contribution is 2.11. The van der Waals surface area contributed by atoms with Gasteiger partial charge in [-0.3, -0.25) is 4.79 Å². The average Bonchev–Trinajstić information content (AvgIpc) is 2.82. The normalized spacial score (nSPS) is 11.5. The highest BCUT2D eigenvalue weighted by Gasteiger charge is 2.15. The minimum Gasteiger partial charge on any atom is -0.481 e. The molecule has 0 amide bonds. The molecule has 0 spiro atoms. The van der Waals surface area contributed by atoms with Gasteiger partial charge in [-0.1, -0.05) is 17.3 Å². The van der Waals surface area contributed by atoms with Gasteiger partial charge in [-0.15, -0.1) is 0 Å². The molecule has 0 aliphatic carbocycles. The van der Waals surface area contributed by atoms with Gasteiger partial charge in [0.15, 0.2) is 5.82 Å². The predicted molar refractivity (Wildman–Crippen MR) is 70.8 cm³/mol. The molecule has 0 atom stereocenters. The van der Waals surface area contributed by atoms with Crippen molar-refractivity contribution in [2.75, 3.05) is 0 Å². The quantitative estimate of drug-likeness (QED) is 0.795. The van der Waals surface area contributed by atoms with Crippen LogP contribution in [-0.2, 0) is 27.8 Å². The fourth-order valence-corrected chi connectivity index (χ4v) is 2.60. The van der Waals surface area contributed by atoms with Gasteiger partial charge in [-0.05, 0) is 17.7 Å². The number of hydrogen-bond acceptors (Lipinski definition) is 6. The topological polar surface area (TPSA) is 122 Å². The third kappa shape index (κ3) is 4.10. The molecule has 0 radical (unpaired) electrons. The second kappa shape index (κ2) is 6.02. The Kier molecular flexibility index (Phi) is 4.34. The molecule has 0 aliphatic rings. The predicted octanol–water partition coefficient (Wildman–Crippen LogP) is 0.484. The number of nitrogens with one attached hydrogen (secondary N) is 1. The Morgan fingerprint density at radius 1 is 1.33 bits per heavy atom. The van der Waals surface area contributed by atoms with Crippen LogP contribution in [0.2, 0.25) is 0 Å². The second-order valence-electron chi connectivity index (χ2n) is 4.27. The Labute approximate surface area is 120 Å². The summed E-state index contributed by atoms with van der Waals surface area (Å²) in [6.07, 6.45) is -0.157. The van der Waals surface area contributed by atoms with E-state index in [0.29, 0.717) is 11.5 Å². The average molecular weight is 311 g/mol. The zero-order chi connectivity index (χ0) is 15.5. The van der Waals surface area contributed by atoms with Crippen molar-refractivity contribution in [3.05, 3.63) is 41.5 Å². The van der Waals surface area contributed by atoms with Crippen LogP contribution in [-0.4, -0.2) is 29.6 Å². The number of carbonyl (C=O) groups is 1. The number of carboxylic acids is 1. The summed E-state index contributed by atoms with van der Waals surface area (Å²) in [6, 6.07) is 5.62. The van der Waals surface area contributed by atoms with Crippen molar-refractivity contribution >= 4 is 16.0 Å². The van der Waals surface area contributed by atoms with Gasteiger partial charge in [0.1, 0.15) is 0 Å². The van der Waals surface area contributed by atoms with Crippen molar-refractivity contribution in [2.24, 2.45) is 0 Å². The number of hydrogen-bond donors (Lipinski definition) is 2. The van der Waals surface area contributed by atoms with E-state index in [4.69, 9.17) is 9.63 Å². The molecule has 1 aromatic carbocycles. The first-order valence-electron chi connectivity index (χ1n) is 5.96. The van der Waals surface area contributed by atoms with Gasteiger partial charge < -0.3 is 9.63 Å². The van der Waals surface area contributed by atoms with Gasteiger partial charge >= 0.3 is 5.97 Å². The number of sulfonamides is 1. The van der Waals surface area contributed by atoms with E-state index in [-0.39, 0.29) is 23.7 Å². The van der Waals surface area contributed by atoms with Crippen molar-refractivity contribution in [3.63, 3.8) is 0 Å². The first-order valence-corrected chi connectivity index (χ1v) is 7.45. The third-order valence-corrected chi connectivity index (χ3v) is 4.00. The van der Waals surface area contributed by atoms with Gasteiger partial charge in [0.2, 0.25) is 15.9 Å². The van der Waals surface area contributed by atoms with E-state index < -0.39 is 16.0 Å². The zero-order valence-corrected chi connectivity index (χ0v) is 11.9. The van der Waals surface area contributed by atoms with Crippen molar-refractivity contribution in [1.82, 2.24) is 14.9 Å². The minimum atomic E-state index is -3.71. The van der Waals surface area contributed by atoms with Crippen LogP contribution in [0, 0.1) is 6.92 Å². The Morgan fingerprint density at radius 2 is 2.00 bits per heavy atom. The van der Waals surface area contributed by atoms with Gasteiger partial charge in [-0.2, -0.15) is 4.98 Å². The lowest BCUT2D eigenvalue weighted by molar-refractivity contribution is -0.136. The molecule has 2 aromatic rings. The lowest BCUT2D eigenvalue weighted by atomic mass is 10.2. The standard InChI is InChI=1S/C12H13N3O5S/c1-8-14-11(15-20-8)7-13-21(18,19)10-4-2-9(3-5-10)6-12(16)17/h2-5,13H,6-7H2,1H3,(H,16,17). The Balaban J connectivity index is 2.06.